The van der Waals surface area contributed by atoms with Gasteiger partial charge in [0.1, 0.15) is 0 Å². The fraction of sp³-hybridized carbons (Fsp3) is 0.381. The average Bonchev–Trinajstić information content (AvgIpc) is 2.72. The number of hydrogen-bond acceptors (Lipinski definition) is 3. The van der Waals surface area contributed by atoms with Gasteiger partial charge in [0.2, 0.25) is 0 Å². The van der Waals surface area contributed by atoms with Crippen LogP contribution in [0.4, 0.5) is 0 Å². The minimum Gasteiger partial charge on any atom is -0.348 e. The van der Waals surface area contributed by atoms with Gasteiger partial charge in [-0.1, -0.05) is 37.3 Å². The van der Waals surface area contributed by atoms with Gasteiger partial charge in [-0.3, -0.25) is 14.6 Å². The van der Waals surface area contributed by atoms with Crippen LogP contribution in [0.1, 0.15) is 58.9 Å². The number of nitrogens with one attached hydrogen (secondary N) is 1. The molecular weight excluding hydrogens is 326 g/mol. The van der Waals surface area contributed by atoms with Crippen molar-refractivity contribution >= 4 is 11.8 Å². The van der Waals surface area contributed by atoms with Gasteiger partial charge in [-0.2, -0.15) is 0 Å². The number of hydrogen-bond donors (Lipinski definition) is 1. The summed E-state index contributed by atoms with van der Waals surface area (Å²) >= 11 is 0. The molecule has 0 aliphatic carbocycles. The Kier molecular flexibility index (Phi) is 6.00. The van der Waals surface area contributed by atoms with Gasteiger partial charge in [-0.15, -0.1) is 0 Å². The molecule has 2 amide bonds. The highest BCUT2D eigenvalue weighted by Gasteiger charge is 2.26. The molecule has 5 nitrogen and oxygen atoms in total. The maximum atomic E-state index is 12.9. The first-order chi connectivity index (χ1) is 12.7. The number of piperidine rings is 1. The van der Waals surface area contributed by atoms with Crippen molar-refractivity contribution in [2.45, 2.75) is 45.2 Å². The lowest BCUT2D eigenvalue weighted by Gasteiger charge is -2.35. The number of amides is 2. The summed E-state index contributed by atoms with van der Waals surface area (Å²) in [6.45, 7) is 3.34. The van der Waals surface area contributed by atoms with E-state index in [2.05, 4.69) is 17.2 Å². The van der Waals surface area contributed by atoms with Gasteiger partial charge in [0, 0.05) is 31.5 Å². The van der Waals surface area contributed by atoms with Gasteiger partial charge >= 0.3 is 0 Å². The van der Waals surface area contributed by atoms with E-state index in [0.29, 0.717) is 17.7 Å². The maximum absolute atomic E-state index is 12.9. The van der Waals surface area contributed by atoms with Gasteiger partial charge in [0.05, 0.1) is 11.1 Å². The Morgan fingerprint density at radius 1 is 1.15 bits per heavy atom. The number of nitrogens with zero attached hydrogens (tertiary/aromatic N) is 2. The van der Waals surface area contributed by atoms with E-state index in [1.807, 2.05) is 35.2 Å². The fourth-order valence-corrected chi connectivity index (χ4v) is 3.42. The lowest BCUT2D eigenvalue weighted by Crippen LogP contribution is -2.43. The number of aromatic nitrogens is 1. The van der Waals surface area contributed by atoms with E-state index in [-0.39, 0.29) is 17.9 Å². The second-order valence-electron chi connectivity index (χ2n) is 6.69. The van der Waals surface area contributed by atoms with E-state index in [9.17, 15) is 9.59 Å². The van der Waals surface area contributed by atoms with Crippen molar-refractivity contribution in [3.8, 4) is 0 Å². The van der Waals surface area contributed by atoms with Crippen LogP contribution >= 0.6 is 0 Å². The predicted octanol–water partition coefficient (Wildman–Crippen LogP) is 3.42. The highest BCUT2D eigenvalue weighted by atomic mass is 16.2. The van der Waals surface area contributed by atoms with Crippen LogP contribution in [0.5, 0.6) is 0 Å². The number of rotatable bonds is 5. The van der Waals surface area contributed by atoms with Crippen LogP contribution in [-0.2, 0) is 6.54 Å². The third-order valence-corrected chi connectivity index (χ3v) is 4.90. The second-order valence-corrected chi connectivity index (χ2v) is 6.69. The average molecular weight is 351 g/mol. The molecule has 136 valence electrons. The van der Waals surface area contributed by atoms with Gasteiger partial charge in [-0.05, 0) is 37.3 Å². The summed E-state index contributed by atoms with van der Waals surface area (Å²) in [5.74, 6) is -0.247. The number of likely N-dealkylation sites (tertiary alicyclic amines) is 1. The zero-order chi connectivity index (χ0) is 18.4. The summed E-state index contributed by atoms with van der Waals surface area (Å²) in [5.41, 5.74) is 1.93. The smallest absolute Gasteiger partial charge is 0.255 e. The molecule has 1 fully saturated rings. The molecule has 1 aliphatic heterocycles. The van der Waals surface area contributed by atoms with Crippen molar-refractivity contribution in [2.75, 3.05) is 6.54 Å². The van der Waals surface area contributed by atoms with Crippen LogP contribution in [0, 0.1) is 0 Å². The van der Waals surface area contributed by atoms with Crippen molar-refractivity contribution in [1.82, 2.24) is 15.2 Å². The molecule has 1 saturated heterocycles. The molecule has 1 N–H and O–H groups in total. The van der Waals surface area contributed by atoms with Crippen LogP contribution in [0.3, 0.4) is 0 Å². The highest BCUT2D eigenvalue weighted by molar-refractivity contribution is 5.99. The Balaban J connectivity index is 1.69. The van der Waals surface area contributed by atoms with E-state index in [1.165, 1.54) is 12.6 Å². The van der Waals surface area contributed by atoms with Crippen LogP contribution in [0.25, 0.3) is 0 Å². The van der Waals surface area contributed by atoms with Crippen molar-refractivity contribution in [1.29, 1.82) is 0 Å². The topological polar surface area (TPSA) is 62.3 Å². The standard InChI is InChI=1S/C21H25N3O2/c1-2-19-10-6-7-11-24(19)21(26)18-12-17(14-22-15-18)20(25)23-13-16-8-4-3-5-9-16/h3-5,8-9,12,14-15,19H,2,6-7,10-11,13H2,1H3,(H,23,25). The van der Waals surface area contributed by atoms with Gasteiger partial charge in [0.25, 0.3) is 11.8 Å². The number of carbonyl (C=O) groups is 2. The van der Waals surface area contributed by atoms with E-state index in [4.69, 9.17) is 0 Å². The quantitative estimate of drug-likeness (QED) is 0.898. The third-order valence-electron chi connectivity index (χ3n) is 4.90. The van der Waals surface area contributed by atoms with Gasteiger partial charge < -0.3 is 10.2 Å². The molecule has 1 unspecified atom stereocenters. The summed E-state index contributed by atoms with van der Waals surface area (Å²) in [7, 11) is 0. The lowest BCUT2D eigenvalue weighted by molar-refractivity contribution is 0.0607. The molecule has 3 rings (SSSR count). The van der Waals surface area contributed by atoms with E-state index in [0.717, 1.165) is 31.4 Å². The molecule has 5 heteroatoms. The third kappa shape index (κ3) is 4.28. The minimum atomic E-state index is -0.221. The van der Waals surface area contributed by atoms with Crippen molar-refractivity contribution < 1.29 is 9.59 Å². The summed E-state index contributed by atoms with van der Waals surface area (Å²) in [4.78, 5) is 31.3. The monoisotopic (exact) mass is 351 g/mol. The van der Waals surface area contributed by atoms with E-state index in [1.54, 1.807) is 12.3 Å². The second kappa shape index (κ2) is 8.61. The summed E-state index contributed by atoms with van der Waals surface area (Å²) in [6.07, 6.45) is 7.26. The molecule has 0 saturated carbocycles. The van der Waals surface area contributed by atoms with Crippen molar-refractivity contribution in [2.24, 2.45) is 0 Å². The molecular formula is C21H25N3O2. The van der Waals surface area contributed by atoms with E-state index >= 15 is 0 Å². The van der Waals surface area contributed by atoms with Gasteiger partial charge in [-0.25, -0.2) is 0 Å². The molecule has 1 atom stereocenters. The largest absolute Gasteiger partial charge is 0.348 e. The molecule has 1 aromatic carbocycles. The first kappa shape index (κ1) is 18.1. The van der Waals surface area contributed by atoms with Crippen molar-refractivity contribution in [3.63, 3.8) is 0 Å². The number of benzene rings is 1. The predicted molar refractivity (Wildman–Crippen MR) is 101 cm³/mol. The minimum absolute atomic E-state index is 0.0261. The molecule has 0 radical (unpaired) electrons. The molecule has 1 aliphatic rings. The maximum Gasteiger partial charge on any atom is 0.255 e. The van der Waals surface area contributed by atoms with Crippen molar-refractivity contribution in [3.05, 3.63) is 65.5 Å². The lowest BCUT2D eigenvalue weighted by atomic mass is 9.99. The Bertz CT molecular complexity index is 761. The molecule has 26 heavy (non-hydrogen) atoms. The molecule has 2 aromatic rings. The van der Waals surface area contributed by atoms with Crippen LogP contribution in [-0.4, -0.2) is 34.3 Å². The first-order valence-electron chi connectivity index (χ1n) is 9.27. The Morgan fingerprint density at radius 2 is 1.92 bits per heavy atom. The van der Waals surface area contributed by atoms with E-state index < -0.39 is 0 Å². The zero-order valence-corrected chi connectivity index (χ0v) is 15.1. The molecule has 0 bridgehead atoms. The number of carbonyl (C=O) groups excluding carboxylic acids is 2. The van der Waals surface area contributed by atoms with Crippen LogP contribution < -0.4 is 5.32 Å². The normalized spacial score (nSPS) is 17.0. The SMILES string of the molecule is CCC1CCCCN1C(=O)c1cncc(C(=O)NCc2ccccc2)c1. The van der Waals surface area contributed by atoms with Crippen LogP contribution in [0.15, 0.2) is 48.8 Å². The summed E-state index contributed by atoms with van der Waals surface area (Å²) in [6, 6.07) is 11.7. The summed E-state index contributed by atoms with van der Waals surface area (Å²) < 4.78 is 0. The molecule has 0 spiro atoms. The zero-order valence-electron chi connectivity index (χ0n) is 15.1. The van der Waals surface area contributed by atoms with Gasteiger partial charge in [0.15, 0.2) is 0 Å². The fourth-order valence-electron chi connectivity index (χ4n) is 3.42. The molecule has 2 heterocycles. The highest BCUT2D eigenvalue weighted by Crippen LogP contribution is 2.21. The Morgan fingerprint density at radius 3 is 2.69 bits per heavy atom. The van der Waals surface area contributed by atoms with Crippen LogP contribution in [0.2, 0.25) is 0 Å². The summed E-state index contributed by atoms with van der Waals surface area (Å²) in [5, 5.41) is 2.88. The Hall–Kier alpha value is -2.69. The first-order valence-corrected chi connectivity index (χ1v) is 9.27. The molecule has 1 aromatic heterocycles. The number of pyridine rings is 1. The Labute approximate surface area is 154 Å².